The molecular weight excluding hydrogens is 397 g/mol. The van der Waals surface area contributed by atoms with Crippen molar-refractivity contribution in [3.63, 3.8) is 0 Å². The topological polar surface area (TPSA) is 9.23 Å². The van der Waals surface area contributed by atoms with Gasteiger partial charge in [0.25, 0.3) is 0 Å². The Morgan fingerprint density at radius 2 is 1.61 bits per heavy atom. The van der Waals surface area contributed by atoms with E-state index in [4.69, 9.17) is 4.74 Å². The summed E-state index contributed by atoms with van der Waals surface area (Å²) < 4.78 is 49.9. The summed E-state index contributed by atoms with van der Waals surface area (Å²) in [6, 6.07) is 5.29. The molecule has 0 amide bonds. The van der Waals surface area contributed by atoms with E-state index >= 15 is 4.39 Å². The predicted molar refractivity (Wildman–Crippen MR) is 120 cm³/mol. The Morgan fingerprint density at radius 3 is 2.32 bits per heavy atom. The Kier molecular flexibility index (Phi) is 7.85. The molecule has 1 nitrogen and oxygen atoms in total. The number of benzene rings is 2. The van der Waals surface area contributed by atoms with Crippen LogP contribution in [0.15, 0.2) is 30.9 Å². The van der Waals surface area contributed by atoms with Crippen molar-refractivity contribution in [3.05, 3.63) is 70.6 Å². The molecule has 0 saturated heterocycles. The maximum atomic E-state index is 15.2. The highest BCUT2D eigenvalue weighted by Gasteiger charge is 2.28. The molecule has 0 spiro atoms. The fourth-order valence-electron chi connectivity index (χ4n) is 4.11. The Hall–Kier alpha value is -2.23. The van der Waals surface area contributed by atoms with Crippen molar-refractivity contribution in [2.45, 2.75) is 72.1 Å². The molecule has 1 heterocycles. The van der Waals surface area contributed by atoms with Crippen molar-refractivity contribution in [2.75, 3.05) is 0 Å². The van der Waals surface area contributed by atoms with Gasteiger partial charge in [-0.25, -0.2) is 8.78 Å². The first-order valence-corrected chi connectivity index (χ1v) is 11.4. The van der Waals surface area contributed by atoms with E-state index in [0.29, 0.717) is 59.8 Å². The Morgan fingerprint density at radius 1 is 0.903 bits per heavy atom. The van der Waals surface area contributed by atoms with Crippen LogP contribution in [0, 0.1) is 29.3 Å². The summed E-state index contributed by atoms with van der Waals surface area (Å²) in [7, 11) is 0. The lowest BCUT2D eigenvalue weighted by atomic mass is 9.91. The van der Waals surface area contributed by atoms with Gasteiger partial charge < -0.3 is 4.74 Å². The molecule has 0 aromatic heterocycles. The van der Waals surface area contributed by atoms with Crippen molar-refractivity contribution < 1.29 is 17.9 Å². The summed E-state index contributed by atoms with van der Waals surface area (Å²) in [6.07, 6.45) is 7.91. The maximum Gasteiger partial charge on any atom is 0.201 e. The Labute approximate surface area is 184 Å². The molecule has 0 bridgehead atoms. The molecule has 168 valence electrons. The fourth-order valence-corrected chi connectivity index (χ4v) is 4.11. The van der Waals surface area contributed by atoms with Gasteiger partial charge in [0.15, 0.2) is 23.1 Å². The van der Waals surface area contributed by atoms with E-state index in [0.717, 1.165) is 12.8 Å². The highest BCUT2D eigenvalue weighted by molar-refractivity contribution is 5.53. The number of ether oxygens (including phenoxy) is 1. The van der Waals surface area contributed by atoms with Gasteiger partial charge in [0.2, 0.25) is 5.82 Å². The molecular formula is C27H33F3O. The van der Waals surface area contributed by atoms with Gasteiger partial charge >= 0.3 is 0 Å². The smallest absolute Gasteiger partial charge is 0.201 e. The number of aryl methyl sites for hydroxylation is 2. The molecule has 0 radical (unpaired) electrons. The second-order valence-corrected chi connectivity index (χ2v) is 9.02. The second-order valence-electron chi connectivity index (χ2n) is 9.02. The molecule has 2 aromatic rings. The molecule has 1 aliphatic heterocycles. The molecule has 0 aliphatic carbocycles. The van der Waals surface area contributed by atoms with E-state index in [-0.39, 0.29) is 11.5 Å². The van der Waals surface area contributed by atoms with Gasteiger partial charge in [-0.1, -0.05) is 58.2 Å². The lowest BCUT2D eigenvalue weighted by Gasteiger charge is -2.23. The van der Waals surface area contributed by atoms with Crippen molar-refractivity contribution in [1.82, 2.24) is 0 Å². The third-order valence-electron chi connectivity index (χ3n) is 6.53. The number of allylic oxidation sites excluding steroid dienone is 1. The van der Waals surface area contributed by atoms with Crippen LogP contribution in [-0.2, 0) is 19.3 Å². The molecule has 4 heteroatoms. The maximum absolute atomic E-state index is 15.2. The van der Waals surface area contributed by atoms with E-state index in [1.165, 1.54) is 12.8 Å². The summed E-state index contributed by atoms with van der Waals surface area (Å²) in [5.74, 6) is -1.34. The number of halogens is 3. The van der Waals surface area contributed by atoms with Crippen LogP contribution in [0.3, 0.4) is 0 Å². The molecule has 3 rings (SSSR count). The van der Waals surface area contributed by atoms with Crippen molar-refractivity contribution in [3.8, 4) is 11.5 Å². The van der Waals surface area contributed by atoms with E-state index in [1.54, 1.807) is 12.1 Å². The van der Waals surface area contributed by atoms with Gasteiger partial charge in [-0.05, 0) is 54.7 Å². The largest absolute Gasteiger partial charge is 0.450 e. The first-order valence-electron chi connectivity index (χ1n) is 11.4. The van der Waals surface area contributed by atoms with Crippen LogP contribution in [0.4, 0.5) is 13.2 Å². The van der Waals surface area contributed by atoms with Crippen molar-refractivity contribution in [1.29, 1.82) is 0 Å². The van der Waals surface area contributed by atoms with E-state index in [1.807, 2.05) is 12.1 Å². The first-order chi connectivity index (χ1) is 14.8. The van der Waals surface area contributed by atoms with Crippen LogP contribution in [0.2, 0.25) is 0 Å². The monoisotopic (exact) mass is 430 g/mol. The summed E-state index contributed by atoms with van der Waals surface area (Å²) in [6.45, 7) is 10.3. The van der Waals surface area contributed by atoms with Crippen LogP contribution in [-0.4, -0.2) is 0 Å². The molecule has 31 heavy (non-hydrogen) atoms. The first kappa shape index (κ1) is 23.4. The number of fused-ring (bicyclic) bond motifs is 2. The lowest BCUT2D eigenvalue weighted by Crippen LogP contribution is -2.11. The van der Waals surface area contributed by atoms with E-state index in [2.05, 4.69) is 27.4 Å². The predicted octanol–water partition coefficient (Wildman–Crippen LogP) is 8.31. The molecule has 1 aliphatic rings. The van der Waals surface area contributed by atoms with Gasteiger partial charge in [-0.2, -0.15) is 4.39 Å². The minimum Gasteiger partial charge on any atom is -0.450 e. The zero-order chi connectivity index (χ0) is 22.5. The lowest BCUT2D eigenvalue weighted by molar-refractivity contribution is 0.375. The van der Waals surface area contributed by atoms with Gasteiger partial charge in [-0.15, -0.1) is 6.58 Å². The van der Waals surface area contributed by atoms with Gasteiger partial charge in [0.1, 0.15) is 0 Å². The summed E-state index contributed by atoms with van der Waals surface area (Å²) in [5.41, 5.74) is 2.09. The molecule has 0 saturated carbocycles. The number of hydrogen-bond acceptors (Lipinski definition) is 1. The van der Waals surface area contributed by atoms with E-state index < -0.39 is 17.5 Å². The third-order valence-corrected chi connectivity index (χ3v) is 6.53. The van der Waals surface area contributed by atoms with Gasteiger partial charge in [-0.3, -0.25) is 0 Å². The molecule has 0 fully saturated rings. The standard InChI is InChI=1S/C27H33F3O/c1-5-7-8-20-15-22-16-21-14-13-19(12-11-18(4)10-9-17(3)6-2)24(29)26(21)31-27(22)25(30)23(20)28/h5,13-15,17-18H,1,6-12,16H2,2-4H3. The second kappa shape index (κ2) is 10.4. The molecule has 0 N–H and O–H groups in total. The minimum absolute atomic E-state index is 0.0365. The SMILES string of the molecule is C=CCCc1cc2c(c(F)c1F)Oc1c(ccc(CCC(C)CCC(C)CC)c1F)C2. The van der Waals surface area contributed by atoms with Crippen LogP contribution in [0.25, 0.3) is 0 Å². The van der Waals surface area contributed by atoms with Crippen LogP contribution < -0.4 is 4.74 Å². The van der Waals surface area contributed by atoms with Crippen LogP contribution in [0.1, 0.15) is 75.1 Å². The van der Waals surface area contributed by atoms with Crippen LogP contribution in [0.5, 0.6) is 11.5 Å². The normalized spacial score (nSPS) is 14.4. The third kappa shape index (κ3) is 5.34. The quantitative estimate of drug-likeness (QED) is 0.294. The van der Waals surface area contributed by atoms with Gasteiger partial charge in [0, 0.05) is 17.5 Å². The molecule has 2 aromatic carbocycles. The average molecular weight is 431 g/mol. The highest BCUT2D eigenvalue weighted by atomic mass is 19.2. The summed E-state index contributed by atoms with van der Waals surface area (Å²) >= 11 is 0. The Bertz CT molecular complexity index is 935. The van der Waals surface area contributed by atoms with Crippen LogP contribution >= 0.6 is 0 Å². The minimum atomic E-state index is -1.04. The van der Waals surface area contributed by atoms with Gasteiger partial charge in [0.05, 0.1) is 0 Å². The molecule has 2 atom stereocenters. The zero-order valence-corrected chi connectivity index (χ0v) is 18.9. The highest BCUT2D eigenvalue weighted by Crippen LogP contribution is 2.42. The fraction of sp³-hybridized carbons (Fsp3) is 0.481. The van der Waals surface area contributed by atoms with Crippen molar-refractivity contribution in [2.24, 2.45) is 11.8 Å². The summed E-state index contributed by atoms with van der Waals surface area (Å²) in [4.78, 5) is 0. The number of rotatable bonds is 10. The Balaban J connectivity index is 1.75. The van der Waals surface area contributed by atoms with Crippen molar-refractivity contribution >= 4 is 0 Å². The number of hydrogen-bond donors (Lipinski definition) is 0. The molecule has 2 unspecified atom stereocenters. The average Bonchev–Trinajstić information content (AvgIpc) is 2.77. The van der Waals surface area contributed by atoms with E-state index in [9.17, 15) is 8.78 Å². The summed E-state index contributed by atoms with van der Waals surface area (Å²) in [5, 5.41) is 0. The zero-order valence-electron chi connectivity index (χ0n) is 18.9.